The number of hydrogen-bond acceptors (Lipinski definition) is 2. The normalized spacial score (nSPS) is 11.5. The van der Waals surface area contributed by atoms with Crippen molar-refractivity contribution in [3.63, 3.8) is 0 Å². The van der Waals surface area contributed by atoms with Crippen molar-refractivity contribution in [1.82, 2.24) is 4.90 Å². The van der Waals surface area contributed by atoms with Crippen LogP contribution < -0.4 is 0 Å². The Kier molecular flexibility index (Phi) is 4.99. The van der Waals surface area contributed by atoms with Gasteiger partial charge in [-0.2, -0.15) is 13.2 Å². The number of hydrogen-bond donors (Lipinski definition) is 0. The van der Waals surface area contributed by atoms with Crippen molar-refractivity contribution in [3.05, 3.63) is 22.4 Å². The second kappa shape index (κ2) is 6.05. The Morgan fingerprint density at radius 1 is 1.47 bits per heavy atom. The second-order valence-electron chi connectivity index (χ2n) is 3.60. The first-order valence-corrected chi connectivity index (χ1v) is 6.17. The molecule has 0 fully saturated rings. The minimum Gasteiger partial charge on any atom is -0.334 e. The van der Waals surface area contributed by atoms with Crippen molar-refractivity contribution in [3.8, 4) is 0 Å². The quantitative estimate of drug-likeness (QED) is 0.801. The summed E-state index contributed by atoms with van der Waals surface area (Å²) >= 11 is 1.50. The predicted octanol–water partition coefficient (Wildman–Crippen LogP) is 3.09. The van der Waals surface area contributed by atoms with Crippen LogP contribution in [0.15, 0.2) is 17.5 Å². The summed E-state index contributed by atoms with van der Waals surface area (Å²) in [7, 11) is 0. The first-order chi connectivity index (χ1) is 7.92. The Balaban J connectivity index is 2.44. The molecule has 1 rings (SSSR count). The fraction of sp³-hybridized carbons (Fsp3) is 0.545. The standard InChI is InChI=1S/C11H14F3NOS/c1-2-15(8-11(12,13)14)10(16)6-5-9-4-3-7-17-9/h3-4,7H,2,5-6,8H2,1H3. The predicted molar refractivity (Wildman–Crippen MR) is 60.9 cm³/mol. The van der Waals surface area contributed by atoms with E-state index in [0.29, 0.717) is 6.42 Å². The van der Waals surface area contributed by atoms with Gasteiger partial charge in [0.25, 0.3) is 0 Å². The van der Waals surface area contributed by atoms with Crippen LogP contribution in [0.25, 0.3) is 0 Å². The van der Waals surface area contributed by atoms with Gasteiger partial charge in [-0.1, -0.05) is 6.07 Å². The van der Waals surface area contributed by atoms with Crippen LogP contribution in [0, 0.1) is 0 Å². The SMILES string of the molecule is CCN(CC(F)(F)F)C(=O)CCc1cccs1. The van der Waals surface area contributed by atoms with Crippen molar-refractivity contribution < 1.29 is 18.0 Å². The third-order valence-corrected chi connectivity index (χ3v) is 3.21. The molecule has 1 amide bonds. The van der Waals surface area contributed by atoms with Gasteiger partial charge in [0.15, 0.2) is 0 Å². The number of rotatable bonds is 5. The van der Waals surface area contributed by atoms with Crippen LogP contribution in [0.3, 0.4) is 0 Å². The number of nitrogens with zero attached hydrogens (tertiary/aromatic N) is 1. The maximum Gasteiger partial charge on any atom is 0.406 e. The van der Waals surface area contributed by atoms with Gasteiger partial charge in [0.05, 0.1) is 0 Å². The van der Waals surface area contributed by atoms with E-state index in [4.69, 9.17) is 0 Å². The molecule has 0 N–H and O–H groups in total. The van der Waals surface area contributed by atoms with Gasteiger partial charge in [0, 0.05) is 17.8 Å². The van der Waals surface area contributed by atoms with Crippen LogP contribution in [0.1, 0.15) is 18.2 Å². The molecule has 0 aliphatic rings. The van der Waals surface area contributed by atoms with Crippen LogP contribution >= 0.6 is 11.3 Å². The lowest BCUT2D eigenvalue weighted by Gasteiger charge is -2.22. The molecular weight excluding hydrogens is 251 g/mol. The van der Waals surface area contributed by atoms with Crippen molar-refractivity contribution >= 4 is 17.2 Å². The first kappa shape index (κ1) is 14.0. The Bertz CT molecular complexity index is 348. The lowest BCUT2D eigenvalue weighted by Crippen LogP contribution is -2.38. The molecule has 0 saturated heterocycles. The average Bonchev–Trinajstić information content (AvgIpc) is 2.74. The van der Waals surface area contributed by atoms with E-state index < -0.39 is 18.6 Å². The van der Waals surface area contributed by atoms with Gasteiger partial charge in [0.2, 0.25) is 5.91 Å². The lowest BCUT2D eigenvalue weighted by molar-refractivity contribution is -0.160. The van der Waals surface area contributed by atoms with E-state index in [1.165, 1.54) is 11.3 Å². The maximum atomic E-state index is 12.2. The number of thiophene rings is 1. The van der Waals surface area contributed by atoms with E-state index in [1.807, 2.05) is 17.5 Å². The molecule has 17 heavy (non-hydrogen) atoms. The Hall–Kier alpha value is -1.04. The molecule has 0 bridgehead atoms. The third kappa shape index (κ3) is 5.21. The zero-order chi connectivity index (χ0) is 12.9. The monoisotopic (exact) mass is 265 g/mol. The van der Waals surface area contributed by atoms with Crippen LogP contribution in [-0.4, -0.2) is 30.1 Å². The van der Waals surface area contributed by atoms with Crippen molar-refractivity contribution in [2.45, 2.75) is 25.9 Å². The lowest BCUT2D eigenvalue weighted by atomic mass is 10.2. The van der Waals surface area contributed by atoms with E-state index >= 15 is 0 Å². The fourth-order valence-electron chi connectivity index (χ4n) is 1.44. The first-order valence-electron chi connectivity index (χ1n) is 5.29. The number of carbonyl (C=O) groups excluding carboxylic acids is 1. The van der Waals surface area contributed by atoms with E-state index in [-0.39, 0.29) is 13.0 Å². The summed E-state index contributed by atoms with van der Waals surface area (Å²) in [6.45, 7) is 0.477. The molecule has 96 valence electrons. The summed E-state index contributed by atoms with van der Waals surface area (Å²) in [5.41, 5.74) is 0. The summed E-state index contributed by atoms with van der Waals surface area (Å²) < 4.78 is 36.5. The van der Waals surface area contributed by atoms with Crippen molar-refractivity contribution in [1.29, 1.82) is 0 Å². The smallest absolute Gasteiger partial charge is 0.334 e. The maximum absolute atomic E-state index is 12.2. The highest BCUT2D eigenvalue weighted by Crippen LogP contribution is 2.18. The molecule has 0 atom stereocenters. The van der Waals surface area contributed by atoms with Gasteiger partial charge in [-0.3, -0.25) is 4.79 Å². The highest BCUT2D eigenvalue weighted by atomic mass is 32.1. The number of halogens is 3. The van der Waals surface area contributed by atoms with Crippen molar-refractivity contribution in [2.75, 3.05) is 13.1 Å². The zero-order valence-corrected chi connectivity index (χ0v) is 10.3. The van der Waals surface area contributed by atoms with Crippen LogP contribution in [0.2, 0.25) is 0 Å². The fourth-order valence-corrected chi connectivity index (χ4v) is 2.14. The molecule has 0 aliphatic carbocycles. The minimum absolute atomic E-state index is 0.0861. The van der Waals surface area contributed by atoms with E-state index in [2.05, 4.69) is 0 Å². The molecule has 1 heterocycles. The summed E-state index contributed by atoms with van der Waals surface area (Å²) in [4.78, 5) is 13.4. The molecule has 0 radical (unpaired) electrons. The van der Waals surface area contributed by atoms with E-state index in [9.17, 15) is 18.0 Å². The molecule has 0 unspecified atom stereocenters. The molecule has 0 spiro atoms. The number of amides is 1. The number of carbonyl (C=O) groups is 1. The highest BCUT2D eigenvalue weighted by Gasteiger charge is 2.31. The summed E-state index contributed by atoms with van der Waals surface area (Å²) in [5, 5.41) is 1.88. The molecule has 6 heteroatoms. The Labute approximate surface area is 102 Å². The summed E-state index contributed by atoms with van der Waals surface area (Å²) in [6.07, 6.45) is -3.69. The third-order valence-electron chi connectivity index (χ3n) is 2.27. The minimum atomic E-state index is -4.32. The molecular formula is C11H14F3NOS. The second-order valence-corrected chi connectivity index (χ2v) is 4.63. The Morgan fingerprint density at radius 3 is 2.65 bits per heavy atom. The summed E-state index contributed by atoms with van der Waals surface area (Å²) in [5.74, 6) is -0.446. The van der Waals surface area contributed by atoms with E-state index in [1.54, 1.807) is 6.92 Å². The highest BCUT2D eigenvalue weighted by molar-refractivity contribution is 7.09. The van der Waals surface area contributed by atoms with Gasteiger partial charge < -0.3 is 4.90 Å². The molecule has 1 aromatic rings. The topological polar surface area (TPSA) is 20.3 Å². The van der Waals surface area contributed by atoms with Gasteiger partial charge in [0.1, 0.15) is 6.54 Å². The summed E-state index contributed by atoms with van der Waals surface area (Å²) in [6, 6.07) is 3.73. The zero-order valence-electron chi connectivity index (χ0n) is 9.46. The van der Waals surface area contributed by atoms with Gasteiger partial charge in [-0.25, -0.2) is 0 Å². The molecule has 2 nitrogen and oxygen atoms in total. The Morgan fingerprint density at radius 2 is 2.18 bits per heavy atom. The number of aryl methyl sites for hydroxylation is 1. The van der Waals surface area contributed by atoms with Gasteiger partial charge in [-0.05, 0) is 24.8 Å². The molecule has 0 saturated carbocycles. The molecule has 1 aromatic heterocycles. The van der Waals surface area contributed by atoms with Crippen LogP contribution in [0.4, 0.5) is 13.2 Å². The van der Waals surface area contributed by atoms with Crippen molar-refractivity contribution in [2.24, 2.45) is 0 Å². The van der Waals surface area contributed by atoms with Gasteiger partial charge in [-0.15, -0.1) is 11.3 Å². The largest absolute Gasteiger partial charge is 0.406 e. The molecule has 0 aliphatic heterocycles. The van der Waals surface area contributed by atoms with E-state index in [0.717, 1.165) is 9.78 Å². The number of alkyl halides is 3. The van der Waals surface area contributed by atoms with Gasteiger partial charge >= 0.3 is 6.18 Å². The average molecular weight is 265 g/mol. The molecule has 0 aromatic carbocycles. The van der Waals surface area contributed by atoms with Crippen LogP contribution in [-0.2, 0) is 11.2 Å². The van der Waals surface area contributed by atoms with Crippen LogP contribution in [0.5, 0.6) is 0 Å².